The second-order valence-electron chi connectivity index (χ2n) is 10.1. The van der Waals surface area contributed by atoms with Crippen LogP contribution >= 0.6 is 23.2 Å². The van der Waals surface area contributed by atoms with Gasteiger partial charge in [0, 0.05) is 31.6 Å². The number of ether oxygens (including phenoxy) is 1. The summed E-state index contributed by atoms with van der Waals surface area (Å²) in [4.78, 5) is 22.8. The Hall–Kier alpha value is -2.17. The zero-order valence-corrected chi connectivity index (χ0v) is 23.7. The van der Waals surface area contributed by atoms with E-state index in [1.165, 1.54) is 22.0 Å². The van der Waals surface area contributed by atoms with Gasteiger partial charge in [0.05, 0.1) is 27.7 Å². The first kappa shape index (κ1) is 27.4. The van der Waals surface area contributed by atoms with Gasteiger partial charge in [-0.1, -0.05) is 41.8 Å². The molecule has 1 amide bonds. The number of aryl methyl sites for hydroxylation is 1. The molecule has 11 heteroatoms. The van der Waals surface area contributed by atoms with Gasteiger partial charge in [0.2, 0.25) is 15.9 Å². The molecule has 0 spiro atoms. The summed E-state index contributed by atoms with van der Waals surface area (Å²) in [5.74, 6) is 1.18. The van der Waals surface area contributed by atoms with E-state index in [9.17, 15) is 13.2 Å². The van der Waals surface area contributed by atoms with E-state index in [-0.39, 0.29) is 46.0 Å². The highest BCUT2D eigenvalue weighted by Gasteiger charge is 2.36. The Kier molecular flexibility index (Phi) is 8.30. The molecule has 1 atom stereocenters. The molecule has 204 valence electrons. The molecule has 0 aliphatic carbocycles. The maximum atomic E-state index is 13.4. The number of nitrogens with zero attached hydrogens (tertiary/aromatic N) is 3. The molecule has 3 heterocycles. The van der Waals surface area contributed by atoms with Gasteiger partial charge in [-0.2, -0.15) is 4.31 Å². The van der Waals surface area contributed by atoms with Crippen molar-refractivity contribution in [3.05, 3.63) is 57.8 Å². The summed E-state index contributed by atoms with van der Waals surface area (Å²) in [5, 5.41) is 0.193. The third kappa shape index (κ3) is 5.72. The van der Waals surface area contributed by atoms with Gasteiger partial charge in [-0.3, -0.25) is 4.79 Å². The quantitative estimate of drug-likeness (QED) is 0.418. The van der Waals surface area contributed by atoms with Crippen LogP contribution in [0.1, 0.15) is 49.4 Å². The van der Waals surface area contributed by atoms with Crippen molar-refractivity contribution in [2.45, 2.75) is 55.9 Å². The Morgan fingerprint density at radius 1 is 1.08 bits per heavy atom. The number of nitrogens with one attached hydrogen (secondary N) is 1. The molecule has 2 aliphatic heterocycles. The molecule has 1 N–H and O–H groups in total. The Morgan fingerprint density at radius 2 is 1.82 bits per heavy atom. The molecule has 8 nitrogen and oxygen atoms in total. The topological polar surface area (TPSA) is 95.6 Å². The lowest BCUT2D eigenvalue weighted by Gasteiger charge is -2.35. The van der Waals surface area contributed by atoms with Crippen LogP contribution < -0.4 is 0 Å². The standard InChI is InChI=1S/C27H32Cl2N4O4S/c1-18-8-9-23-24(15-18)31-27(30-23)19-10-13-32(14-11-19)25(34)17-37-16-20-5-2-3-12-33(20)38(35,36)26-21(28)6-4-7-22(26)29/h4,6-9,15,19-20H,2-3,5,10-14,16-17H2,1H3,(H,30,31). The Labute approximate surface area is 233 Å². The van der Waals surface area contributed by atoms with Gasteiger partial charge in [-0.25, -0.2) is 13.4 Å². The molecule has 1 aromatic heterocycles. The number of fused-ring (bicyclic) bond motifs is 1. The number of rotatable bonds is 7. The Bertz CT molecular complexity index is 1400. The SMILES string of the molecule is Cc1ccc2nc(C3CCN(C(=O)COCC4CCCCN4S(=O)(=O)c4c(Cl)cccc4Cl)CC3)[nH]c2c1. The lowest BCUT2D eigenvalue weighted by molar-refractivity contribution is -0.137. The number of sulfonamides is 1. The molecule has 38 heavy (non-hydrogen) atoms. The van der Waals surface area contributed by atoms with Crippen molar-refractivity contribution in [1.29, 1.82) is 0 Å². The predicted molar refractivity (Wildman–Crippen MR) is 148 cm³/mol. The van der Waals surface area contributed by atoms with E-state index in [4.69, 9.17) is 32.9 Å². The highest BCUT2D eigenvalue weighted by molar-refractivity contribution is 7.89. The highest BCUT2D eigenvalue weighted by atomic mass is 35.5. The molecule has 0 saturated carbocycles. The Morgan fingerprint density at radius 3 is 2.55 bits per heavy atom. The lowest BCUT2D eigenvalue weighted by Crippen LogP contribution is -2.47. The van der Waals surface area contributed by atoms with Crippen LogP contribution in [-0.4, -0.2) is 72.4 Å². The van der Waals surface area contributed by atoms with Gasteiger partial charge < -0.3 is 14.6 Å². The highest BCUT2D eigenvalue weighted by Crippen LogP contribution is 2.34. The van der Waals surface area contributed by atoms with Crippen LogP contribution in [0.3, 0.4) is 0 Å². The molecule has 0 bridgehead atoms. The summed E-state index contributed by atoms with van der Waals surface area (Å²) >= 11 is 12.4. The van der Waals surface area contributed by atoms with E-state index in [0.29, 0.717) is 26.1 Å². The van der Waals surface area contributed by atoms with E-state index in [2.05, 4.69) is 24.0 Å². The number of carbonyl (C=O) groups excluding carboxylic acids is 1. The number of benzene rings is 2. The van der Waals surface area contributed by atoms with Gasteiger partial charge in [-0.15, -0.1) is 0 Å². The number of aromatic nitrogens is 2. The maximum absolute atomic E-state index is 13.4. The fraction of sp³-hybridized carbons (Fsp3) is 0.481. The molecule has 3 aromatic rings. The summed E-state index contributed by atoms with van der Waals surface area (Å²) in [6.07, 6.45) is 3.95. The molecular weight excluding hydrogens is 547 g/mol. The lowest BCUT2D eigenvalue weighted by atomic mass is 9.96. The normalized spacial score (nSPS) is 19.8. The van der Waals surface area contributed by atoms with Crippen molar-refractivity contribution >= 4 is 50.2 Å². The first-order chi connectivity index (χ1) is 18.2. The molecule has 2 aliphatic rings. The first-order valence-electron chi connectivity index (χ1n) is 13.0. The van der Waals surface area contributed by atoms with Gasteiger partial charge in [0.25, 0.3) is 0 Å². The number of piperidine rings is 2. The van der Waals surface area contributed by atoms with Crippen molar-refractivity contribution in [2.75, 3.05) is 32.8 Å². The van der Waals surface area contributed by atoms with Crippen LogP contribution in [0.15, 0.2) is 41.3 Å². The first-order valence-corrected chi connectivity index (χ1v) is 15.2. The molecule has 2 aromatic carbocycles. The van der Waals surface area contributed by atoms with Crippen molar-refractivity contribution in [1.82, 2.24) is 19.2 Å². The molecule has 0 radical (unpaired) electrons. The number of amides is 1. The van der Waals surface area contributed by atoms with E-state index >= 15 is 0 Å². The predicted octanol–water partition coefficient (Wildman–Crippen LogP) is 5.14. The summed E-state index contributed by atoms with van der Waals surface area (Å²) in [5.41, 5.74) is 3.20. The van der Waals surface area contributed by atoms with Gasteiger partial charge in [0.1, 0.15) is 17.3 Å². The van der Waals surface area contributed by atoms with Crippen LogP contribution in [0.25, 0.3) is 11.0 Å². The van der Waals surface area contributed by atoms with E-state index in [0.717, 1.165) is 42.5 Å². The van der Waals surface area contributed by atoms with Gasteiger partial charge >= 0.3 is 0 Å². The van der Waals surface area contributed by atoms with Crippen LogP contribution in [0.2, 0.25) is 10.0 Å². The minimum atomic E-state index is -3.90. The van der Waals surface area contributed by atoms with Gasteiger partial charge in [0.15, 0.2) is 0 Å². The van der Waals surface area contributed by atoms with E-state index < -0.39 is 10.0 Å². The number of aromatic amines is 1. The average molecular weight is 580 g/mol. The minimum Gasteiger partial charge on any atom is -0.370 e. The minimum absolute atomic E-state index is 0.0752. The third-order valence-corrected chi connectivity index (χ3v) is 10.4. The molecule has 2 saturated heterocycles. The monoisotopic (exact) mass is 578 g/mol. The van der Waals surface area contributed by atoms with Crippen molar-refractivity contribution in [3.8, 4) is 0 Å². The summed E-state index contributed by atoms with van der Waals surface area (Å²) in [7, 11) is -3.90. The van der Waals surface area contributed by atoms with Crippen molar-refractivity contribution in [2.24, 2.45) is 0 Å². The summed E-state index contributed by atoms with van der Waals surface area (Å²) < 4.78 is 34.1. The van der Waals surface area contributed by atoms with E-state index in [1.54, 1.807) is 6.07 Å². The molecular formula is C27H32Cl2N4O4S. The van der Waals surface area contributed by atoms with Crippen molar-refractivity contribution in [3.63, 3.8) is 0 Å². The van der Waals surface area contributed by atoms with Crippen LogP contribution in [0.4, 0.5) is 0 Å². The number of imidazole rings is 1. The molecule has 2 fully saturated rings. The zero-order chi connectivity index (χ0) is 26.9. The number of hydrogen-bond donors (Lipinski definition) is 1. The smallest absolute Gasteiger partial charge is 0.248 e. The van der Waals surface area contributed by atoms with Crippen LogP contribution in [0, 0.1) is 6.92 Å². The fourth-order valence-electron chi connectivity index (χ4n) is 5.42. The van der Waals surface area contributed by atoms with Crippen LogP contribution in [0.5, 0.6) is 0 Å². The van der Waals surface area contributed by atoms with E-state index in [1.807, 2.05) is 11.0 Å². The second kappa shape index (κ2) is 11.5. The second-order valence-corrected chi connectivity index (χ2v) is 12.8. The van der Waals surface area contributed by atoms with Crippen LogP contribution in [-0.2, 0) is 19.6 Å². The fourth-order valence-corrected chi connectivity index (χ4v) is 8.19. The molecule has 5 rings (SSSR count). The maximum Gasteiger partial charge on any atom is 0.248 e. The summed E-state index contributed by atoms with van der Waals surface area (Å²) in [6, 6.07) is 10.5. The Balaban J connectivity index is 1.15. The average Bonchev–Trinajstić information content (AvgIpc) is 3.32. The number of carbonyl (C=O) groups is 1. The largest absolute Gasteiger partial charge is 0.370 e. The number of likely N-dealkylation sites (tertiary alicyclic amines) is 1. The number of halogens is 2. The zero-order valence-electron chi connectivity index (χ0n) is 21.3. The third-order valence-electron chi connectivity index (χ3n) is 7.48. The summed E-state index contributed by atoms with van der Waals surface area (Å²) in [6.45, 7) is 3.76. The van der Waals surface area contributed by atoms with Gasteiger partial charge in [-0.05, 0) is 62.4 Å². The number of hydrogen-bond acceptors (Lipinski definition) is 5. The molecule has 1 unspecified atom stereocenters. The number of H-pyrrole nitrogens is 1. The van der Waals surface area contributed by atoms with Crippen molar-refractivity contribution < 1.29 is 17.9 Å².